The first-order valence-corrected chi connectivity index (χ1v) is 11.2. The molecule has 34 heavy (non-hydrogen) atoms. The molecule has 0 atom stereocenters. The van der Waals surface area contributed by atoms with E-state index in [-0.39, 0.29) is 6.03 Å². The highest BCUT2D eigenvalue weighted by molar-refractivity contribution is 5.89. The van der Waals surface area contributed by atoms with Gasteiger partial charge >= 0.3 is 6.03 Å². The molecule has 5 nitrogen and oxygen atoms in total. The first-order valence-electron chi connectivity index (χ1n) is 11.2. The molecule has 172 valence electrons. The molecular weight excluding hydrogens is 424 g/mol. The zero-order chi connectivity index (χ0) is 23.6. The highest BCUT2D eigenvalue weighted by atomic mass is 16.5. The molecule has 0 saturated carbocycles. The summed E-state index contributed by atoms with van der Waals surface area (Å²) in [6, 6.07) is 35.1. The van der Waals surface area contributed by atoms with Gasteiger partial charge in [-0.2, -0.15) is 0 Å². The van der Waals surface area contributed by atoms with Crippen LogP contribution in [0, 0.1) is 0 Å². The summed E-state index contributed by atoms with van der Waals surface area (Å²) in [7, 11) is 1.61. The predicted molar refractivity (Wildman–Crippen MR) is 135 cm³/mol. The van der Waals surface area contributed by atoms with Gasteiger partial charge in [-0.25, -0.2) is 4.79 Å². The molecule has 4 aromatic rings. The molecule has 2 amide bonds. The lowest BCUT2D eigenvalue weighted by molar-refractivity contribution is 0.206. The van der Waals surface area contributed by atoms with Gasteiger partial charge in [0.15, 0.2) is 0 Å². The quantitative estimate of drug-likeness (QED) is 0.315. The summed E-state index contributed by atoms with van der Waals surface area (Å²) >= 11 is 0. The normalized spacial score (nSPS) is 10.4. The van der Waals surface area contributed by atoms with Crippen LogP contribution in [-0.2, 0) is 19.7 Å². The molecule has 0 aliphatic carbocycles. The Bertz CT molecular complexity index is 1180. The number of nitrogens with zero attached hydrogens (tertiary/aromatic N) is 1. The molecule has 0 bridgehead atoms. The molecule has 0 fully saturated rings. The Morgan fingerprint density at radius 3 is 1.97 bits per heavy atom. The number of benzene rings is 4. The first-order chi connectivity index (χ1) is 16.7. The van der Waals surface area contributed by atoms with Crippen molar-refractivity contribution in [1.29, 1.82) is 0 Å². The van der Waals surface area contributed by atoms with E-state index in [0.717, 1.165) is 22.4 Å². The van der Waals surface area contributed by atoms with Gasteiger partial charge in [0.1, 0.15) is 18.1 Å². The molecule has 0 spiro atoms. The summed E-state index contributed by atoms with van der Waals surface area (Å²) < 4.78 is 11.2. The van der Waals surface area contributed by atoms with Crippen LogP contribution in [0.1, 0.15) is 16.7 Å². The number of carbonyl (C=O) groups excluding carboxylic acids is 1. The molecule has 0 heterocycles. The van der Waals surface area contributed by atoms with E-state index in [2.05, 4.69) is 5.32 Å². The summed E-state index contributed by atoms with van der Waals surface area (Å²) in [4.78, 5) is 15.0. The van der Waals surface area contributed by atoms with Crippen molar-refractivity contribution in [3.63, 3.8) is 0 Å². The average molecular weight is 453 g/mol. The summed E-state index contributed by atoms with van der Waals surface area (Å²) in [6.45, 7) is 1.47. The van der Waals surface area contributed by atoms with Crippen LogP contribution in [0.3, 0.4) is 0 Å². The van der Waals surface area contributed by atoms with E-state index < -0.39 is 0 Å². The van der Waals surface area contributed by atoms with E-state index in [1.54, 1.807) is 18.1 Å². The molecular formula is C29H28N2O3. The second-order valence-electron chi connectivity index (χ2n) is 7.92. The number of nitrogens with one attached hydrogen (secondary N) is 1. The van der Waals surface area contributed by atoms with Gasteiger partial charge < -0.3 is 19.7 Å². The lowest BCUT2D eigenvalue weighted by Crippen LogP contribution is -2.34. The second-order valence-corrected chi connectivity index (χ2v) is 7.92. The maximum absolute atomic E-state index is 13.2. The van der Waals surface area contributed by atoms with Gasteiger partial charge in [-0.3, -0.25) is 0 Å². The minimum Gasteiger partial charge on any atom is -0.497 e. The summed E-state index contributed by atoms with van der Waals surface area (Å²) in [6.07, 6.45) is 0. The van der Waals surface area contributed by atoms with Gasteiger partial charge in [-0.05, 0) is 41.0 Å². The highest BCUT2D eigenvalue weighted by Gasteiger charge is 2.15. The smallest absolute Gasteiger partial charge is 0.322 e. The third-order valence-electron chi connectivity index (χ3n) is 5.37. The summed E-state index contributed by atoms with van der Waals surface area (Å²) in [5.41, 5.74) is 3.89. The third-order valence-corrected chi connectivity index (χ3v) is 5.37. The standard InChI is InChI=1S/C29H28N2O3/c1-33-28-14-8-13-26(19-28)30-29(32)31(20-23-9-4-2-5-10-23)21-24-15-17-27(18-16-24)34-22-25-11-6-3-7-12-25/h2-19H,20-22H2,1H3,(H,30,32). The summed E-state index contributed by atoms with van der Waals surface area (Å²) in [5, 5.41) is 2.99. The minimum atomic E-state index is -0.179. The van der Waals surface area contributed by atoms with Crippen LogP contribution in [0.15, 0.2) is 109 Å². The number of rotatable bonds is 9. The Labute approximate surface area is 200 Å². The Hall–Kier alpha value is -4.25. The lowest BCUT2D eigenvalue weighted by atomic mass is 10.1. The van der Waals surface area contributed by atoms with E-state index in [1.165, 1.54) is 0 Å². The van der Waals surface area contributed by atoms with Crippen LogP contribution in [0.25, 0.3) is 0 Å². The predicted octanol–water partition coefficient (Wildman–Crippen LogP) is 6.51. The van der Waals surface area contributed by atoms with Crippen LogP contribution >= 0.6 is 0 Å². The molecule has 0 radical (unpaired) electrons. The van der Waals surface area contributed by atoms with Gasteiger partial charge in [-0.15, -0.1) is 0 Å². The molecule has 4 rings (SSSR count). The number of ether oxygens (including phenoxy) is 2. The maximum Gasteiger partial charge on any atom is 0.322 e. The highest BCUT2D eigenvalue weighted by Crippen LogP contribution is 2.20. The lowest BCUT2D eigenvalue weighted by Gasteiger charge is -2.24. The molecule has 0 aliphatic rings. The van der Waals surface area contributed by atoms with Crippen molar-refractivity contribution in [1.82, 2.24) is 4.90 Å². The molecule has 1 N–H and O–H groups in total. The van der Waals surface area contributed by atoms with Crippen molar-refractivity contribution < 1.29 is 14.3 Å². The van der Waals surface area contributed by atoms with Gasteiger partial charge in [0.05, 0.1) is 7.11 Å². The van der Waals surface area contributed by atoms with E-state index in [1.807, 2.05) is 103 Å². The average Bonchev–Trinajstić information content (AvgIpc) is 2.89. The number of carbonyl (C=O) groups is 1. The van der Waals surface area contributed by atoms with E-state index in [0.29, 0.717) is 31.1 Å². The van der Waals surface area contributed by atoms with Crippen LogP contribution in [0.5, 0.6) is 11.5 Å². The molecule has 0 aromatic heterocycles. The number of amides is 2. The fourth-order valence-electron chi connectivity index (χ4n) is 3.56. The van der Waals surface area contributed by atoms with Gasteiger partial charge in [0.25, 0.3) is 0 Å². The van der Waals surface area contributed by atoms with Crippen molar-refractivity contribution in [2.45, 2.75) is 19.7 Å². The van der Waals surface area contributed by atoms with E-state index in [4.69, 9.17) is 9.47 Å². The molecule has 0 saturated heterocycles. The van der Waals surface area contributed by atoms with E-state index in [9.17, 15) is 4.79 Å². The zero-order valence-electron chi connectivity index (χ0n) is 19.2. The Morgan fingerprint density at radius 2 is 1.32 bits per heavy atom. The maximum atomic E-state index is 13.2. The Kier molecular flexibility index (Phi) is 7.80. The second kappa shape index (κ2) is 11.6. The van der Waals surface area contributed by atoms with E-state index >= 15 is 0 Å². The van der Waals surface area contributed by atoms with Crippen LogP contribution in [0.2, 0.25) is 0 Å². The molecule has 0 aliphatic heterocycles. The van der Waals surface area contributed by atoms with Gasteiger partial charge in [-0.1, -0.05) is 78.9 Å². The molecule has 5 heteroatoms. The number of anilines is 1. The fourth-order valence-corrected chi connectivity index (χ4v) is 3.56. The Morgan fingerprint density at radius 1 is 0.706 bits per heavy atom. The SMILES string of the molecule is COc1cccc(NC(=O)N(Cc2ccccc2)Cc2ccc(OCc3ccccc3)cc2)c1. The van der Waals surface area contributed by atoms with Gasteiger partial charge in [0, 0.05) is 24.8 Å². The van der Waals surface area contributed by atoms with Crippen molar-refractivity contribution in [3.8, 4) is 11.5 Å². The zero-order valence-corrected chi connectivity index (χ0v) is 19.2. The van der Waals surface area contributed by atoms with Crippen LogP contribution < -0.4 is 14.8 Å². The Balaban J connectivity index is 1.44. The largest absolute Gasteiger partial charge is 0.497 e. The monoisotopic (exact) mass is 452 g/mol. The minimum absolute atomic E-state index is 0.179. The third kappa shape index (κ3) is 6.62. The first kappa shape index (κ1) is 22.9. The topological polar surface area (TPSA) is 50.8 Å². The number of urea groups is 1. The van der Waals surface area contributed by atoms with Crippen LogP contribution in [-0.4, -0.2) is 18.0 Å². The number of hydrogen-bond acceptors (Lipinski definition) is 3. The molecule has 0 unspecified atom stereocenters. The summed E-state index contributed by atoms with van der Waals surface area (Å²) in [5.74, 6) is 1.49. The van der Waals surface area contributed by atoms with Gasteiger partial charge in [0.2, 0.25) is 0 Å². The van der Waals surface area contributed by atoms with Crippen LogP contribution in [0.4, 0.5) is 10.5 Å². The van der Waals surface area contributed by atoms with Crippen molar-refractivity contribution in [2.75, 3.05) is 12.4 Å². The molecule has 4 aromatic carbocycles. The number of methoxy groups -OCH3 is 1. The fraction of sp³-hybridized carbons (Fsp3) is 0.138. The van der Waals surface area contributed by atoms with Crippen molar-refractivity contribution in [3.05, 3.63) is 126 Å². The van der Waals surface area contributed by atoms with Crippen molar-refractivity contribution in [2.24, 2.45) is 0 Å². The van der Waals surface area contributed by atoms with Crippen molar-refractivity contribution >= 4 is 11.7 Å². The number of hydrogen-bond donors (Lipinski definition) is 1.